The Morgan fingerprint density at radius 3 is 2.77 bits per heavy atom. The van der Waals surface area contributed by atoms with E-state index in [-0.39, 0.29) is 11.9 Å². The van der Waals surface area contributed by atoms with Gasteiger partial charge in [-0.25, -0.2) is 0 Å². The highest BCUT2D eigenvalue weighted by Crippen LogP contribution is 2.33. The van der Waals surface area contributed by atoms with Crippen molar-refractivity contribution in [1.82, 2.24) is 9.88 Å². The van der Waals surface area contributed by atoms with Crippen molar-refractivity contribution in [2.24, 2.45) is 0 Å². The standard InChI is InChI=1S/C18H20N2OS/c1-13-11-17(22)19-12-15(13)16-9-5-6-10-20(16)18(21)14-7-3-2-4-8-14/h2-4,7-8,11-12,16H,5-6,9-10H2,1H3,(H,19,22)/t16-/m1/s1. The second-order valence-corrected chi connectivity index (χ2v) is 6.25. The molecule has 1 aliphatic rings. The number of aromatic nitrogens is 1. The maximum atomic E-state index is 12.9. The fourth-order valence-corrected chi connectivity index (χ4v) is 3.42. The van der Waals surface area contributed by atoms with Crippen LogP contribution in [-0.4, -0.2) is 22.3 Å². The van der Waals surface area contributed by atoms with Gasteiger partial charge in [0, 0.05) is 18.3 Å². The predicted octanol–water partition coefficient (Wildman–Crippen LogP) is 4.42. The lowest BCUT2D eigenvalue weighted by Gasteiger charge is -2.36. The number of carbonyl (C=O) groups excluding carboxylic acids is 1. The zero-order valence-corrected chi connectivity index (χ0v) is 13.5. The summed E-state index contributed by atoms with van der Waals surface area (Å²) in [6.07, 6.45) is 5.19. The van der Waals surface area contributed by atoms with Gasteiger partial charge in [0.1, 0.15) is 4.64 Å². The normalized spacial score (nSPS) is 18.2. The summed E-state index contributed by atoms with van der Waals surface area (Å²) in [5.41, 5.74) is 3.09. The number of aromatic amines is 1. The Bertz CT molecular complexity index is 723. The molecule has 0 spiro atoms. The number of nitrogens with zero attached hydrogens (tertiary/aromatic N) is 1. The number of piperidine rings is 1. The Balaban J connectivity index is 1.94. The molecule has 3 nitrogen and oxygen atoms in total. The average molecular weight is 312 g/mol. The number of hydrogen-bond acceptors (Lipinski definition) is 2. The summed E-state index contributed by atoms with van der Waals surface area (Å²) in [7, 11) is 0. The summed E-state index contributed by atoms with van der Waals surface area (Å²) in [5, 5.41) is 0. The second kappa shape index (κ2) is 6.44. The Hall–Kier alpha value is -1.94. The molecule has 114 valence electrons. The van der Waals surface area contributed by atoms with E-state index in [9.17, 15) is 4.79 Å². The van der Waals surface area contributed by atoms with E-state index in [2.05, 4.69) is 11.9 Å². The van der Waals surface area contributed by atoms with Gasteiger partial charge in [-0.3, -0.25) is 4.79 Å². The molecule has 0 radical (unpaired) electrons. The van der Waals surface area contributed by atoms with Gasteiger partial charge in [0.15, 0.2) is 0 Å². The zero-order valence-electron chi connectivity index (χ0n) is 12.7. The highest BCUT2D eigenvalue weighted by Gasteiger charge is 2.29. The van der Waals surface area contributed by atoms with E-state index in [0.717, 1.165) is 41.6 Å². The first-order valence-corrected chi connectivity index (χ1v) is 8.13. The van der Waals surface area contributed by atoms with Crippen LogP contribution in [0.2, 0.25) is 0 Å². The van der Waals surface area contributed by atoms with Gasteiger partial charge in [0.05, 0.1) is 6.04 Å². The van der Waals surface area contributed by atoms with E-state index in [4.69, 9.17) is 12.2 Å². The molecule has 1 N–H and O–H groups in total. The van der Waals surface area contributed by atoms with E-state index in [0.29, 0.717) is 0 Å². The van der Waals surface area contributed by atoms with Crippen LogP contribution in [0.3, 0.4) is 0 Å². The van der Waals surface area contributed by atoms with Crippen molar-refractivity contribution >= 4 is 18.1 Å². The quantitative estimate of drug-likeness (QED) is 0.833. The van der Waals surface area contributed by atoms with Crippen molar-refractivity contribution in [2.75, 3.05) is 6.54 Å². The highest BCUT2D eigenvalue weighted by atomic mass is 32.1. The number of amides is 1. The van der Waals surface area contributed by atoms with Gasteiger partial charge in [-0.1, -0.05) is 30.4 Å². The summed E-state index contributed by atoms with van der Waals surface area (Å²) in [6.45, 7) is 2.88. The lowest BCUT2D eigenvalue weighted by molar-refractivity contribution is 0.0610. The number of nitrogens with one attached hydrogen (secondary N) is 1. The summed E-state index contributed by atoms with van der Waals surface area (Å²) in [6, 6.07) is 11.6. The molecule has 0 unspecified atom stereocenters. The third kappa shape index (κ3) is 2.97. The molecule has 22 heavy (non-hydrogen) atoms. The van der Waals surface area contributed by atoms with Crippen LogP contribution in [0.25, 0.3) is 0 Å². The average Bonchev–Trinajstić information content (AvgIpc) is 2.55. The van der Waals surface area contributed by atoms with Crippen LogP contribution < -0.4 is 0 Å². The molecule has 4 heteroatoms. The highest BCUT2D eigenvalue weighted by molar-refractivity contribution is 7.71. The van der Waals surface area contributed by atoms with Crippen LogP contribution in [0.15, 0.2) is 42.6 Å². The number of pyridine rings is 1. The lowest BCUT2D eigenvalue weighted by Crippen LogP contribution is -2.38. The Labute approximate surface area is 136 Å². The van der Waals surface area contributed by atoms with E-state index in [1.54, 1.807) is 0 Å². The monoisotopic (exact) mass is 312 g/mol. The first-order valence-electron chi connectivity index (χ1n) is 7.72. The fourth-order valence-electron chi connectivity index (χ4n) is 3.19. The van der Waals surface area contributed by atoms with Gasteiger partial charge < -0.3 is 9.88 Å². The van der Waals surface area contributed by atoms with Crippen LogP contribution >= 0.6 is 12.2 Å². The van der Waals surface area contributed by atoms with Gasteiger partial charge in [0.25, 0.3) is 5.91 Å². The van der Waals surface area contributed by atoms with Crippen molar-refractivity contribution in [2.45, 2.75) is 32.2 Å². The van der Waals surface area contributed by atoms with Crippen molar-refractivity contribution in [3.05, 3.63) is 63.9 Å². The van der Waals surface area contributed by atoms with Crippen molar-refractivity contribution in [3.63, 3.8) is 0 Å². The third-order valence-corrected chi connectivity index (χ3v) is 4.55. The van der Waals surface area contributed by atoms with E-state index >= 15 is 0 Å². The molecule has 3 rings (SSSR count). The van der Waals surface area contributed by atoms with Gasteiger partial charge >= 0.3 is 0 Å². The molecular formula is C18H20N2OS. The predicted molar refractivity (Wildman–Crippen MR) is 90.4 cm³/mol. The molecule has 1 amide bonds. The van der Waals surface area contributed by atoms with Crippen molar-refractivity contribution in [1.29, 1.82) is 0 Å². The molecule has 0 bridgehead atoms. The molecule has 2 heterocycles. The smallest absolute Gasteiger partial charge is 0.254 e. The molecule has 2 aromatic rings. The van der Waals surface area contributed by atoms with Crippen molar-refractivity contribution < 1.29 is 4.79 Å². The maximum absolute atomic E-state index is 12.9. The van der Waals surface area contributed by atoms with Gasteiger partial charge in [-0.2, -0.15) is 0 Å². The van der Waals surface area contributed by atoms with Crippen molar-refractivity contribution in [3.8, 4) is 0 Å². The number of H-pyrrole nitrogens is 1. The minimum absolute atomic E-state index is 0.118. The lowest BCUT2D eigenvalue weighted by atomic mass is 9.93. The second-order valence-electron chi connectivity index (χ2n) is 5.81. The van der Waals surface area contributed by atoms with Crippen LogP contribution in [0.1, 0.15) is 46.8 Å². The summed E-state index contributed by atoms with van der Waals surface area (Å²) in [4.78, 5) is 18.0. The topological polar surface area (TPSA) is 36.1 Å². The van der Waals surface area contributed by atoms with Crippen LogP contribution in [0.4, 0.5) is 0 Å². The van der Waals surface area contributed by atoms with E-state index < -0.39 is 0 Å². The molecule has 0 saturated carbocycles. The molecule has 1 aromatic heterocycles. The summed E-state index contributed by atoms with van der Waals surface area (Å²) >= 11 is 5.18. The summed E-state index contributed by atoms with van der Waals surface area (Å²) < 4.78 is 0.734. The third-order valence-electron chi connectivity index (χ3n) is 4.32. The van der Waals surface area contributed by atoms with Crippen LogP contribution in [-0.2, 0) is 0 Å². The largest absolute Gasteiger partial charge is 0.353 e. The Morgan fingerprint density at radius 2 is 2.05 bits per heavy atom. The molecule has 1 atom stereocenters. The molecular weight excluding hydrogens is 292 g/mol. The molecule has 1 saturated heterocycles. The van der Waals surface area contributed by atoms with E-state index in [1.165, 1.54) is 5.56 Å². The minimum Gasteiger partial charge on any atom is -0.353 e. The number of rotatable bonds is 2. The molecule has 1 aromatic carbocycles. The number of benzene rings is 1. The Morgan fingerprint density at radius 1 is 1.27 bits per heavy atom. The minimum atomic E-state index is 0.118. The number of likely N-dealkylation sites (tertiary alicyclic amines) is 1. The molecule has 0 aliphatic carbocycles. The van der Waals surface area contributed by atoms with E-state index in [1.807, 2.05) is 47.5 Å². The van der Waals surface area contributed by atoms with Crippen LogP contribution in [0.5, 0.6) is 0 Å². The number of aryl methyl sites for hydroxylation is 1. The van der Waals surface area contributed by atoms with Gasteiger partial charge in [-0.15, -0.1) is 0 Å². The fraction of sp³-hybridized carbons (Fsp3) is 0.333. The summed E-state index contributed by atoms with van der Waals surface area (Å²) in [5.74, 6) is 0.118. The number of carbonyl (C=O) groups is 1. The molecule has 1 aliphatic heterocycles. The van der Waals surface area contributed by atoms with Gasteiger partial charge in [-0.05, 0) is 55.5 Å². The maximum Gasteiger partial charge on any atom is 0.254 e. The Kier molecular flexibility index (Phi) is 4.39. The number of hydrogen-bond donors (Lipinski definition) is 1. The zero-order chi connectivity index (χ0) is 15.5. The van der Waals surface area contributed by atoms with Gasteiger partial charge in [0.2, 0.25) is 0 Å². The first-order chi connectivity index (χ1) is 10.7. The molecule has 1 fully saturated rings. The van der Waals surface area contributed by atoms with Crippen LogP contribution in [0, 0.1) is 11.6 Å². The SMILES string of the molecule is Cc1cc(=S)[nH]cc1[C@H]1CCCCN1C(=O)c1ccccc1. The first kappa shape index (κ1) is 15.0.